The van der Waals surface area contributed by atoms with Gasteiger partial charge in [-0.3, -0.25) is 0 Å². The third kappa shape index (κ3) is 70.0. The van der Waals surface area contributed by atoms with Gasteiger partial charge in [0.2, 0.25) is 0 Å². The molecule has 0 unspecified atom stereocenters. The van der Waals surface area contributed by atoms with Crippen LogP contribution >= 0.6 is 15.6 Å². The number of hydrogen-bond acceptors (Lipinski definition) is 9. The smallest absolute Gasteiger partial charge is 0.822 e. The molecule has 0 saturated carbocycles. The first-order chi connectivity index (χ1) is 7.39. The molecule has 9 nitrogen and oxygen atoms in total. The van der Waals surface area contributed by atoms with Crippen molar-refractivity contribution in [3.8, 4) is 0 Å². The van der Waals surface area contributed by atoms with E-state index in [1.54, 1.807) is 0 Å². The molecule has 1 aromatic carbocycles. The molecule has 0 heterocycles. The molecule has 0 saturated heterocycles. The van der Waals surface area contributed by atoms with Crippen LogP contribution in [0, 0.1) is 0 Å². The fourth-order valence-electron chi connectivity index (χ4n) is 0.453. The third-order valence-electron chi connectivity index (χ3n) is 0.800. The minimum absolute atomic E-state index is 0. The number of para-hydroxylation sites is 1. The summed E-state index contributed by atoms with van der Waals surface area (Å²) < 4.78 is 17.1. The summed E-state index contributed by atoms with van der Waals surface area (Å²) in [6, 6.07) is 9.49. The van der Waals surface area contributed by atoms with Gasteiger partial charge in [-0.05, 0) is 12.1 Å². The van der Waals surface area contributed by atoms with E-state index in [4.69, 9.17) is 44.2 Å². The quantitative estimate of drug-likeness (QED) is 0.270. The third-order valence-corrected chi connectivity index (χ3v) is 0.800. The van der Waals surface area contributed by atoms with Gasteiger partial charge in [0.1, 0.15) is 0 Å². The summed E-state index contributed by atoms with van der Waals surface area (Å²) >= 11 is 0. The van der Waals surface area contributed by atoms with Crippen LogP contribution in [0.2, 0.25) is 0 Å². The first kappa shape index (κ1) is 27.7. The number of nitrogen functional groups attached to an aromatic ring is 1. The molecule has 0 amide bonds. The maximum Gasteiger partial charge on any atom is 1.00 e. The average molecular weight is 341 g/mol. The van der Waals surface area contributed by atoms with E-state index in [2.05, 4.69) is 0 Å². The van der Waals surface area contributed by atoms with Crippen LogP contribution in [-0.4, -0.2) is 0 Å². The Bertz CT molecular complexity index is 359. The summed E-state index contributed by atoms with van der Waals surface area (Å²) in [7, 11) is -10.8. The Balaban J connectivity index is -0.0000000866. The van der Waals surface area contributed by atoms with Crippen molar-refractivity contribution in [2.45, 2.75) is 0 Å². The van der Waals surface area contributed by atoms with Crippen LogP contribution in [0.5, 0.6) is 0 Å². The number of benzene rings is 1. The summed E-state index contributed by atoms with van der Waals surface area (Å²) in [6.45, 7) is 0. The Hall–Kier alpha value is 0.422. The zero-order valence-electron chi connectivity index (χ0n) is 9.57. The molecule has 1 aromatic rings. The van der Waals surface area contributed by atoms with Gasteiger partial charge in [0.25, 0.3) is 0 Å². The number of nitrogens with two attached hydrogens (primary N) is 1. The second-order valence-electron chi connectivity index (χ2n) is 2.31. The van der Waals surface area contributed by atoms with Gasteiger partial charge in [0.05, 0.1) is 0 Å². The molecule has 0 aromatic heterocycles. The summed E-state index contributed by atoms with van der Waals surface area (Å²) in [5.41, 5.74) is 6.18. The van der Waals surface area contributed by atoms with Crippen LogP contribution in [0.1, 0.15) is 0 Å². The summed E-state index contributed by atoms with van der Waals surface area (Å²) in [5, 5.41) is 0. The molecule has 0 atom stereocenters. The normalized spacial score (nSPS) is 9.37. The van der Waals surface area contributed by atoms with Crippen LogP contribution in [0.4, 0.5) is 5.69 Å². The molecule has 0 aliphatic carbocycles. The molecule has 2 N–H and O–H groups in total. The van der Waals surface area contributed by atoms with Gasteiger partial charge < -0.3 is 44.2 Å². The van der Waals surface area contributed by atoms with Gasteiger partial charge in [-0.1, -0.05) is 18.2 Å². The first-order valence-corrected chi connectivity index (χ1v) is 6.58. The number of anilines is 1. The van der Waals surface area contributed by atoms with Crippen molar-refractivity contribution in [3.05, 3.63) is 30.3 Å². The van der Waals surface area contributed by atoms with Crippen molar-refractivity contribution >= 4 is 21.3 Å². The molecule has 0 aliphatic rings. The van der Waals surface area contributed by atoms with Crippen molar-refractivity contribution < 1.29 is 75.9 Å². The zero-order chi connectivity index (χ0) is 14.1. The number of phosphoric acid groups is 2. The van der Waals surface area contributed by atoms with E-state index in [9.17, 15) is 0 Å². The van der Waals surface area contributed by atoms with Gasteiger partial charge in [-0.25, -0.2) is 0 Å². The van der Waals surface area contributed by atoms with Crippen LogP contribution in [0.15, 0.2) is 30.3 Å². The van der Waals surface area contributed by atoms with E-state index in [0.29, 0.717) is 0 Å². The zero-order valence-corrected chi connectivity index (χ0v) is 12.8. The molecule has 19 heavy (non-hydrogen) atoms. The van der Waals surface area contributed by atoms with Gasteiger partial charge in [0, 0.05) is 24.2 Å². The molecular weight excluding hydrogens is 334 g/mol. The Kier molecular flexibility index (Phi) is 19.6. The second-order valence-corrected chi connectivity index (χ2v) is 4.09. The summed E-state index contributed by atoms with van der Waals surface area (Å²) in [4.78, 5) is 51.3. The summed E-state index contributed by atoms with van der Waals surface area (Å²) in [5.74, 6) is 0. The minimum Gasteiger partial charge on any atom is -0.822 e. The molecule has 13 heteroatoms. The predicted octanol–water partition coefficient (Wildman–Crippen LogP) is -7.38. The van der Waals surface area contributed by atoms with Gasteiger partial charge in [0.15, 0.2) is 0 Å². The molecule has 0 spiro atoms. The Morgan fingerprint density at radius 3 is 1.11 bits per heavy atom. The molecule has 0 fully saturated rings. The van der Waals surface area contributed by atoms with Crippen molar-refractivity contribution in [3.63, 3.8) is 0 Å². The topological polar surface area (TPSA) is 199 Å². The standard InChI is InChI=1S/C6H7N.Li.2H3O4P.V/c7-6-4-2-1-3-5-6;;2*1-5(2,3)4;/h1-5H,7H2;;2*(H3,1,2,3,4);/q;+1;;;/p-6. The van der Waals surface area contributed by atoms with Crippen molar-refractivity contribution in [1.29, 1.82) is 0 Å². The number of hydrogen-bond donors (Lipinski definition) is 1. The molecule has 105 valence electrons. The average Bonchev–Trinajstić information content (AvgIpc) is 1.98. The van der Waals surface area contributed by atoms with E-state index in [1.165, 1.54) is 0 Å². The van der Waals surface area contributed by atoms with Crippen molar-refractivity contribution in [2.75, 3.05) is 5.73 Å². The van der Waals surface area contributed by atoms with Crippen LogP contribution in [-0.2, 0) is 27.7 Å². The first-order valence-electron chi connectivity index (χ1n) is 3.66. The van der Waals surface area contributed by atoms with E-state index < -0.39 is 15.6 Å². The minimum atomic E-state index is -5.39. The molecule has 0 aliphatic heterocycles. The molecule has 0 bridgehead atoms. The van der Waals surface area contributed by atoms with Gasteiger partial charge >= 0.3 is 18.9 Å². The Morgan fingerprint density at radius 2 is 1.00 bits per heavy atom. The largest absolute Gasteiger partial charge is 1.00 e. The predicted molar refractivity (Wildman–Crippen MR) is 46.1 cm³/mol. The van der Waals surface area contributed by atoms with Crippen LogP contribution in [0.25, 0.3) is 0 Å². The number of rotatable bonds is 0. The fraction of sp³-hybridized carbons (Fsp3) is 0. The molecule has 1 radical (unpaired) electrons. The SMILES string of the molecule is Nc1ccccc1.O=P([O-])([O-])[O-].O=P([O-])([O-])[O-].[Li+].[V]. The summed E-state index contributed by atoms with van der Waals surface area (Å²) in [6.07, 6.45) is 0. The molecule has 1 rings (SSSR count). The molecular formula is C6H7LiNO8P2V-5. The van der Waals surface area contributed by atoms with E-state index in [1.807, 2.05) is 30.3 Å². The van der Waals surface area contributed by atoms with Crippen LogP contribution in [0.3, 0.4) is 0 Å². The van der Waals surface area contributed by atoms with Gasteiger partial charge in [-0.15, -0.1) is 0 Å². The van der Waals surface area contributed by atoms with Crippen molar-refractivity contribution in [1.82, 2.24) is 0 Å². The Labute approximate surface area is 133 Å². The monoisotopic (exact) mass is 341 g/mol. The van der Waals surface area contributed by atoms with Gasteiger partial charge in [-0.2, -0.15) is 15.6 Å². The van der Waals surface area contributed by atoms with E-state index in [0.717, 1.165) is 5.69 Å². The maximum absolute atomic E-state index is 8.55. The van der Waals surface area contributed by atoms with E-state index >= 15 is 0 Å². The Morgan fingerprint density at radius 1 is 0.789 bits per heavy atom. The maximum atomic E-state index is 8.55. The van der Waals surface area contributed by atoms with E-state index in [-0.39, 0.29) is 37.4 Å². The second kappa shape index (κ2) is 13.4. The fourth-order valence-corrected chi connectivity index (χ4v) is 0.453. The van der Waals surface area contributed by atoms with Crippen LogP contribution < -0.4 is 54.0 Å². The van der Waals surface area contributed by atoms with Crippen molar-refractivity contribution in [2.24, 2.45) is 0 Å².